The molecule has 3 aromatic carbocycles. The Kier molecular flexibility index (Phi) is 7.45. The number of para-hydroxylation sites is 1. The molecule has 162 valence electrons. The predicted molar refractivity (Wildman–Crippen MR) is 132 cm³/mol. The minimum absolute atomic E-state index is 0.220. The normalized spacial score (nSPS) is 14.9. The van der Waals surface area contributed by atoms with Gasteiger partial charge in [-0.05, 0) is 60.0 Å². The van der Waals surface area contributed by atoms with Crippen molar-refractivity contribution in [2.45, 2.75) is 19.4 Å². The van der Waals surface area contributed by atoms with E-state index in [0.29, 0.717) is 23.8 Å². The first kappa shape index (κ1) is 22.4. The minimum atomic E-state index is -0.240. The third-order valence-electron chi connectivity index (χ3n) is 5.08. The number of halogens is 1. The maximum Gasteiger partial charge on any atom is 0.293 e. The number of hydrogen-bond acceptors (Lipinski definition) is 4. The van der Waals surface area contributed by atoms with E-state index in [1.54, 1.807) is 6.08 Å². The molecule has 1 fully saturated rings. The van der Waals surface area contributed by atoms with Crippen LogP contribution >= 0.6 is 27.7 Å². The lowest BCUT2D eigenvalue weighted by atomic mass is 10.1. The lowest BCUT2D eigenvalue weighted by Crippen LogP contribution is -2.29. The second-order valence-electron chi connectivity index (χ2n) is 7.38. The summed E-state index contributed by atoms with van der Waals surface area (Å²) in [6.45, 7) is 0.831. The van der Waals surface area contributed by atoms with E-state index < -0.39 is 0 Å². The molecule has 0 N–H and O–H groups in total. The van der Waals surface area contributed by atoms with Crippen molar-refractivity contribution in [1.82, 2.24) is 4.90 Å². The number of ether oxygens (including phenoxy) is 1. The maximum atomic E-state index is 12.9. The second-order valence-corrected chi connectivity index (χ2v) is 9.28. The number of thioether (sulfide) groups is 1. The summed E-state index contributed by atoms with van der Waals surface area (Å²) in [5.41, 5.74) is 3.02. The Morgan fingerprint density at radius 1 is 0.875 bits per heavy atom. The standard InChI is InChI=1S/C26H22BrNO3S/c27-22-14-12-20(13-15-22)18-31-23-11-5-4-10-21(23)17-24-25(29)28(26(30)32-24)16-6-9-19-7-2-1-3-8-19/h1-5,7-8,10-15,17H,6,9,16,18H2/b24-17+. The van der Waals surface area contributed by atoms with Gasteiger partial charge in [0.2, 0.25) is 0 Å². The molecule has 1 heterocycles. The number of nitrogens with zero attached hydrogens (tertiary/aromatic N) is 1. The summed E-state index contributed by atoms with van der Waals surface area (Å²) in [5.74, 6) is 0.432. The van der Waals surface area contributed by atoms with Gasteiger partial charge in [-0.15, -0.1) is 0 Å². The minimum Gasteiger partial charge on any atom is -0.488 e. The monoisotopic (exact) mass is 507 g/mol. The second kappa shape index (κ2) is 10.7. The van der Waals surface area contributed by atoms with Crippen molar-refractivity contribution in [2.75, 3.05) is 6.54 Å². The van der Waals surface area contributed by atoms with Gasteiger partial charge in [0.1, 0.15) is 12.4 Å². The number of rotatable bonds is 8. The van der Waals surface area contributed by atoms with E-state index in [2.05, 4.69) is 28.1 Å². The zero-order valence-electron chi connectivity index (χ0n) is 17.4. The summed E-state index contributed by atoms with van der Waals surface area (Å²) in [7, 11) is 0. The van der Waals surface area contributed by atoms with Gasteiger partial charge >= 0.3 is 0 Å². The number of hydrogen-bond donors (Lipinski definition) is 0. The van der Waals surface area contributed by atoms with Gasteiger partial charge in [0.15, 0.2) is 0 Å². The van der Waals surface area contributed by atoms with Gasteiger partial charge < -0.3 is 4.74 Å². The van der Waals surface area contributed by atoms with E-state index in [1.807, 2.05) is 66.7 Å². The van der Waals surface area contributed by atoms with E-state index in [1.165, 1.54) is 10.5 Å². The van der Waals surface area contributed by atoms with Crippen LogP contribution in [0.15, 0.2) is 88.2 Å². The Hall–Kier alpha value is -2.83. The topological polar surface area (TPSA) is 46.6 Å². The van der Waals surface area contributed by atoms with Gasteiger partial charge in [-0.25, -0.2) is 0 Å². The first-order valence-corrected chi connectivity index (χ1v) is 12.0. The zero-order chi connectivity index (χ0) is 22.3. The highest BCUT2D eigenvalue weighted by atomic mass is 79.9. The highest BCUT2D eigenvalue weighted by Gasteiger charge is 2.34. The van der Waals surface area contributed by atoms with Crippen molar-refractivity contribution < 1.29 is 14.3 Å². The molecule has 0 aliphatic carbocycles. The van der Waals surface area contributed by atoms with Gasteiger partial charge in [0, 0.05) is 16.6 Å². The van der Waals surface area contributed by atoms with Crippen molar-refractivity contribution in [3.63, 3.8) is 0 Å². The highest BCUT2D eigenvalue weighted by molar-refractivity contribution is 9.10. The molecule has 4 nitrogen and oxygen atoms in total. The molecular weight excluding hydrogens is 486 g/mol. The molecule has 0 unspecified atom stereocenters. The van der Waals surface area contributed by atoms with Crippen LogP contribution in [-0.2, 0) is 17.8 Å². The molecule has 1 saturated heterocycles. The van der Waals surface area contributed by atoms with E-state index >= 15 is 0 Å². The Morgan fingerprint density at radius 2 is 1.59 bits per heavy atom. The first-order chi connectivity index (χ1) is 15.6. The Balaban J connectivity index is 1.41. The van der Waals surface area contributed by atoms with Crippen LogP contribution in [0.4, 0.5) is 4.79 Å². The molecule has 3 aromatic rings. The number of imide groups is 1. The van der Waals surface area contributed by atoms with Crippen molar-refractivity contribution in [3.05, 3.63) is 105 Å². The van der Waals surface area contributed by atoms with E-state index in [-0.39, 0.29) is 11.1 Å². The number of carbonyl (C=O) groups is 2. The molecule has 32 heavy (non-hydrogen) atoms. The molecule has 0 spiro atoms. The van der Waals surface area contributed by atoms with Crippen LogP contribution < -0.4 is 4.74 Å². The fourth-order valence-corrected chi connectivity index (χ4v) is 4.51. The number of benzene rings is 3. The Bertz CT molecular complexity index is 1130. The summed E-state index contributed by atoms with van der Waals surface area (Å²) in [4.78, 5) is 27.1. The molecule has 0 aromatic heterocycles. The average molecular weight is 508 g/mol. The van der Waals surface area contributed by atoms with E-state index in [4.69, 9.17) is 4.74 Å². The largest absolute Gasteiger partial charge is 0.488 e. The molecule has 4 rings (SSSR count). The van der Waals surface area contributed by atoms with Crippen LogP contribution in [0, 0.1) is 0 Å². The highest BCUT2D eigenvalue weighted by Crippen LogP contribution is 2.34. The summed E-state index contributed by atoms with van der Waals surface area (Å²) >= 11 is 4.42. The number of amides is 2. The average Bonchev–Trinajstić information content (AvgIpc) is 3.07. The van der Waals surface area contributed by atoms with Crippen LogP contribution in [0.5, 0.6) is 5.75 Å². The van der Waals surface area contributed by atoms with Crippen molar-refractivity contribution in [3.8, 4) is 5.75 Å². The fraction of sp³-hybridized carbons (Fsp3) is 0.154. The smallest absolute Gasteiger partial charge is 0.293 e. The molecule has 6 heteroatoms. The maximum absolute atomic E-state index is 12.9. The summed E-state index contributed by atoms with van der Waals surface area (Å²) in [6.07, 6.45) is 3.32. The molecule has 0 radical (unpaired) electrons. The molecule has 1 aliphatic rings. The third-order valence-corrected chi connectivity index (χ3v) is 6.51. The molecule has 2 amide bonds. The van der Waals surface area contributed by atoms with Gasteiger partial charge in [-0.2, -0.15) is 0 Å². The van der Waals surface area contributed by atoms with Gasteiger partial charge in [0.05, 0.1) is 4.91 Å². The molecular formula is C26H22BrNO3S. The van der Waals surface area contributed by atoms with Crippen LogP contribution in [0.2, 0.25) is 0 Å². The van der Waals surface area contributed by atoms with E-state index in [0.717, 1.165) is 40.2 Å². The molecule has 0 saturated carbocycles. The SMILES string of the molecule is O=C1S/C(=C/c2ccccc2OCc2ccc(Br)cc2)C(=O)N1CCCc1ccccc1. The van der Waals surface area contributed by atoms with Crippen LogP contribution in [0.1, 0.15) is 23.1 Å². The van der Waals surface area contributed by atoms with Crippen molar-refractivity contribution in [1.29, 1.82) is 0 Å². The molecule has 1 aliphatic heterocycles. The fourth-order valence-electron chi connectivity index (χ4n) is 3.39. The number of aryl methyl sites for hydroxylation is 1. The van der Waals surface area contributed by atoms with E-state index in [9.17, 15) is 9.59 Å². The predicted octanol–water partition coefficient (Wildman–Crippen LogP) is 6.70. The zero-order valence-corrected chi connectivity index (χ0v) is 19.8. The molecule has 0 atom stereocenters. The quantitative estimate of drug-likeness (QED) is 0.318. The molecule has 0 bridgehead atoms. The number of carbonyl (C=O) groups excluding carboxylic acids is 2. The van der Waals surface area contributed by atoms with Gasteiger partial charge in [0.25, 0.3) is 11.1 Å². The van der Waals surface area contributed by atoms with Gasteiger partial charge in [-0.1, -0.05) is 76.6 Å². The van der Waals surface area contributed by atoms with Crippen LogP contribution in [0.25, 0.3) is 6.08 Å². The lowest BCUT2D eigenvalue weighted by Gasteiger charge is -2.12. The lowest BCUT2D eigenvalue weighted by molar-refractivity contribution is -0.122. The Labute approximate surface area is 200 Å². The van der Waals surface area contributed by atoms with Gasteiger partial charge in [-0.3, -0.25) is 14.5 Å². The first-order valence-electron chi connectivity index (χ1n) is 10.4. The summed E-state index contributed by atoms with van der Waals surface area (Å²) < 4.78 is 7.01. The van der Waals surface area contributed by atoms with Crippen LogP contribution in [0.3, 0.4) is 0 Å². The summed E-state index contributed by atoms with van der Waals surface area (Å²) in [5, 5.41) is -0.220. The Morgan fingerprint density at radius 3 is 2.38 bits per heavy atom. The van der Waals surface area contributed by atoms with Crippen molar-refractivity contribution in [2.24, 2.45) is 0 Å². The van der Waals surface area contributed by atoms with Crippen molar-refractivity contribution >= 4 is 44.9 Å². The summed E-state index contributed by atoms with van der Waals surface area (Å²) in [6, 6.07) is 25.5. The van der Waals surface area contributed by atoms with Crippen LogP contribution in [-0.4, -0.2) is 22.6 Å². The third kappa shape index (κ3) is 5.69.